The fourth-order valence-electron chi connectivity index (χ4n) is 6.49. The second-order valence-corrected chi connectivity index (χ2v) is 17.8. The largest absolute Gasteiger partial charge is 0.495 e. The molecule has 8 N–H and O–H groups in total. The van der Waals surface area contributed by atoms with E-state index < -0.39 is 35.9 Å². The number of nitrogens with zero attached hydrogens (tertiary/aromatic N) is 8. The van der Waals surface area contributed by atoms with Crippen LogP contribution in [0.15, 0.2) is 98.9 Å². The van der Waals surface area contributed by atoms with Gasteiger partial charge in [-0.05, 0) is 90.3 Å². The maximum atomic E-state index is 12.4. The number of azo groups is 1. The molecule has 0 aliphatic carbocycles. The average Bonchev–Trinajstić information content (AvgIpc) is 3.25. The van der Waals surface area contributed by atoms with E-state index in [0.29, 0.717) is 28.5 Å². The highest BCUT2D eigenvalue weighted by molar-refractivity contribution is 7.86. The van der Waals surface area contributed by atoms with Crippen LogP contribution in [0.4, 0.5) is 69.3 Å². The van der Waals surface area contributed by atoms with Crippen molar-refractivity contribution >= 4 is 135 Å². The maximum absolute atomic E-state index is 12.4. The molecule has 0 spiro atoms. The van der Waals surface area contributed by atoms with E-state index in [0.717, 1.165) is 23.8 Å². The summed E-state index contributed by atoms with van der Waals surface area (Å²) in [6.07, 6.45) is 0. The monoisotopic (exact) mass is 1020 g/mol. The number of anilines is 10. The molecule has 7 rings (SSSR count). The molecule has 28 heteroatoms. The Morgan fingerprint density at radius 2 is 1.13 bits per heavy atom. The van der Waals surface area contributed by atoms with E-state index in [1.165, 1.54) is 52.3 Å². The Kier molecular flexibility index (Phi) is 14.3. The zero-order chi connectivity index (χ0) is 49.8. The first-order valence-electron chi connectivity index (χ1n) is 19.6. The van der Waals surface area contributed by atoms with Crippen LogP contribution in [0.1, 0.15) is 19.4 Å². The van der Waals surface area contributed by atoms with E-state index >= 15 is 0 Å². The van der Waals surface area contributed by atoms with Crippen LogP contribution in [0, 0.1) is 6.92 Å². The van der Waals surface area contributed by atoms with Crippen molar-refractivity contribution in [2.45, 2.75) is 30.6 Å². The summed E-state index contributed by atoms with van der Waals surface area (Å²) in [4.78, 5) is 48.5. The lowest BCUT2D eigenvalue weighted by Crippen LogP contribution is -2.09. The number of aromatic nitrogens is 6. The number of fused-ring (bicyclic) bond motifs is 1. The summed E-state index contributed by atoms with van der Waals surface area (Å²) >= 11 is 12.7. The fraction of sp³-hybridized carbons (Fsp3) is 0.122. The van der Waals surface area contributed by atoms with Gasteiger partial charge in [-0.3, -0.25) is 18.7 Å². The highest BCUT2D eigenvalue weighted by Crippen LogP contribution is 2.40. The van der Waals surface area contributed by atoms with Crippen molar-refractivity contribution in [1.29, 1.82) is 0 Å². The third kappa shape index (κ3) is 12.2. The molecule has 0 saturated heterocycles. The number of nitrogens with one attached hydrogen (secondary N) is 6. The van der Waals surface area contributed by atoms with Crippen LogP contribution in [0.25, 0.3) is 10.8 Å². The van der Waals surface area contributed by atoms with Crippen molar-refractivity contribution in [1.82, 2.24) is 29.9 Å². The predicted octanol–water partition coefficient (Wildman–Crippen LogP) is 8.64. The Balaban J connectivity index is 1.17. The molecule has 356 valence electrons. The summed E-state index contributed by atoms with van der Waals surface area (Å²) < 4.78 is 80.0. The molecule has 0 radical (unpaired) electrons. The lowest BCUT2D eigenvalue weighted by atomic mass is 10.1. The topological polar surface area (TPSA) is 336 Å². The molecule has 2 heterocycles. The summed E-state index contributed by atoms with van der Waals surface area (Å²) in [5.41, 5.74) is 2.56. The van der Waals surface area contributed by atoms with Gasteiger partial charge >= 0.3 is 0 Å². The molecule has 7 aromatic rings. The SMILES string of the molecule is COc1ccc(NC(C)=O)cc1Nc1nc(Cl)nc(Nc2ccc(C)cc2Nc2nc(Cl)nc(Nc3cc(NC(C)=O)c(N=Nc4cc(S(=O)(=O)O)c5cccc(S(=O)(=O)O)c5c4)cc3OC)n2)n1. The fourth-order valence-corrected chi connectivity index (χ4v) is 8.23. The summed E-state index contributed by atoms with van der Waals surface area (Å²) in [6.45, 7) is 4.47. The number of benzene rings is 5. The molecule has 2 amide bonds. The summed E-state index contributed by atoms with van der Waals surface area (Å²) in [7, 11) is -7.00. The number of ether oxygens (including phenoxy) is 2. The van der Waals surface area contributed by atoms with Crippen LogP contribution >= 0.6 is 23.2 Å². The Hall–Kier alpha value is -7.88. The Morgan fingerprint density at radius 3 is 1.70 bits per heavy atom. The van der Waals surface area contributed by atoms with Gasteiger partial charge in [-0.2, -0.15) is 51.9 Å². The van der Waals surface area contributed by atoms with Gasteiger partial charge in [0.2, 0.25) is 46.2 Å². The number of halogens is 2. The van der Waals surface area contributed by atoms with Crippen molar-refractivity contribution in [2.75, 3.05) is 46.1 Å². The van der Waals surface area contributed by atoms with Crippen molar-refractivity contribution < 1.29 is 45.0 Å². The first kappa shape index (κ1) is 49.0. The summed E-state index contributed by atoms with van der Waals surface area (Å²) in [5.74, 6) is -0.318. The highest BCUT2D eigenvalue weighted by Gasteiger charge is 2.22. The van der Waals surface area contributed by atoms with E-state index in [9.17, 15) is 35.5 Å². The van der Waals surface area contributed by atoms with Crippen molar-refractivity contribution in [3.05, 3.63) is 95.0 Å². The minimum absolute atomic E-state index is 0.0297. The average molecular weight is 1020 g/mol. The van der Waals surface area contributed by atoms with Crippen LogP contribution in [0.2, 0.25) is 10.6 Å². The molecule has 0 aliphatic heterocycles. The number of aryl methyl sites for hydroxylation is 1. The van der Waals surface area contributed by atoms with E-state index in [4.69, 9.17) is 32.7 Å². The van der Waals surface area contributed by atoms with Crippen molar-refractivity contribution in [3.8, 4) is 11.5 Å². The third-order valence-electron chi connectivity index (χ3n) is 9.26. The van der Waals surface area contributed by atoms with Crippen molar-refractivity contribution in [3.63, 3.8) is 0 Å². The van der Waals surface area contributed by atoms with Gasteiger partial charge in [-0.1, -0.05) is 18.2 Å². The third-order valence-corrected chi connectivity index (χ3v) is 11.4. The molecule has 69 heavy (non-hydrogen) atoms. The van der Waals surface area contributed by atoms with Gasteiger partial charge in [-0.15, -0.1) is 5.11 Å². The van der Waals surface area contributed by atoms with Gasteiger partial charge in [0.15, 0.2) is 0 Å². The van der Waals surface area contributed by atoms with Gasteiger partial charge in [-0.25, -0.2) is 0 Å². The van der Waals surface area contributed by atoms with Gasteiger partial charge in [0.25, 0.3) is 20.2 Å². The molecule has 0 atom stereocenters. The first-order valence-corrected chi connectivity index (χ1v) is 23.2. The molecule has 0 unspecified atom stereocenters. The van der Waals surface area contributed by atoms with Gasteiger partial charge < -0.3 is 41.4 Å². The highest BCUT2D eigenvalue weighted by atomic mass is 35.5. The van der Waals surface area contributed by atoms with E-state index in [2.05, 4.69) is 72.0 Å². The Bertz CT molecular complexity index is 3460. The lowest BCUT2D eigenvalue weighted by Gasteiger charge is -2.16. The predicted molar refractivity (Wildman–Crippen MR) is 256 cm³/mol. The molecule has 2 aromatic heterocycles. The smallest absolute Gasteiger partial charge is 0.295 e. The van der Waals surface area contributed by atoms with E-state index in [1.54, 1.807) is 30.3 Å². The van der Waals surface area contributed by atoms with Crippen LogP contribution in [-0.4, -0.2) is 81.9 Å². The maximum Gasteiger partial charge on any atom is 0.295 e. The van der Waals surface area contributed by atoms with Crippen LogP contribution in [0.5, 0.6) is 11.5 Å². The normalized spacial score (nSPS) is 11.6. The second kappa shape index (κ2) is 20.1. The molecule has 24 nitrogen and oxygen atoms in total. The Labute approximate surface area is 401 Å². The minimum Gasteiger partial charge on any atom is -0.495 e. The van der Waals surface area contributed by atoms with Gasteiger partial charge in [0.05, 0.1) is 48.3 Å². The van der Waals surface area contributed by atoms with Crippen LogP contribution in [0.3, 0.4) is 0 Å². The molecule has 0 fully saturated rings. The minimum atomic E-state index is -4.95. The van der Waals surface area contributed by atoms with Gasteiger partial charge in [0, 0.05) is 36.4 Å². The zero-order valence-electron chi connectivity index (χ0n) is 36.3. The molecule has 0 bridgehead atoms. The Morgan fingerprint density at radius 1 is 0.565 bits per heavy atom. The number of carbonyl (C=O) groups is 2. The van der Waals surface area contributed by atoms with E-state index in [1.807, 2.05) is 13.0 Å². The van der Waals surface area contributed by atoms with E-state index in [-0.39, 0.29) is 79.5 Å². The number of carbonyl (C=O) groups excluding carboxylic acids is 2. The number of amides is 2. The number of hydrogen-bond acceptors (Lipinski definition) is 20. The van der Waals surface area contributed by atoms with Gasteiger partial charge in [0.1, 0.15) is 27.0 Å². The van der Waals surface area contributed by atoms with Crippen LogP contribution in [-0.2, 0) is 29.8 Å². The van der Waals surface area contributed by atoms with Crippen molar-refractivity contribution in [2.24, 2.45) is 10.2 Å². The number of hydrogen-bond donors (Lipinski definition) is 8. The molecule has 5 aromatic carbocycles. The molecular formula is C41H36Cl2N14O10S2. The molecule has 0 aliphatic rings. The molecular weight excluding hydrogens is 984 g/mol. The quantitative estimate of drug-likeness (QED) is 0.0331. The number of rotatable bonds is 16. The lowest BCUT2D eigenvalue weighted by molar-refractivity contribution is -0.115. The summed E-state index contributed by atoms with van der Waals surface area (Å²) in [5, 5.41) is 24.9. The zero-order valence-corrected chi connectivity index (χ0v) is 39.5. The standard InChI is InChI=1S/C41H36Cl2N14O10S2/c1-19-9-11-26(46-38-50-36(42)52-40(54-38)48-30-15-22(44-20(2)58)10-12-32(30)66-4)27(13-19)47-39-51-37(43)53-41(55-39)49-31-17-28(45-21(3)59)29(18-33(31)67-5)57-56-23-14-25-24(35(16-23)69(63,64)65)7-6-8-34(25)68(60,61)62/h6-18H,1-5H3,(H,44,58)(H,45,59)(H,60,61,62)(H,63,64,65)(H2,46,48,50,52,54)(H2,47,49,51,53,55). The van der Waals surface area contributed by atoms with Crippen LogP contribution < -0.4 is 41.4 Å². The second-order valence-electron chi connectivity index (χ2n) is 14.3. The first-order chi connectivity index (χ1) is 32.6. The number of methoxy groups -OCH3 is 2. The summed E-state index contributed by atoms with van der Waals surface area (Å²) in [6, 6.07) is 18.6. The molecule has 0 saturated carbocycles.